The molecule has 7 nitrogen and oxygen atoms in total. The first-order valence-corrected chi connectivity index (χ1v) is 8.40. The van der Waals surface area contributed by atoms with Crippen LogP contribution in [-0.4, -0.2) is 39.2 Å². The number of nitrogens with one attached hydrogen (secondary N) is 1. The van der Waals surface area contributed by atoms with E-state index in [-0.39, 0.29) is 11.8 Å². The molecule has 0 unspecified atom stereocenters. The third-order valence-electron chi connectivity index (χ3n) is 3.70. The van der Waals surface area contributed by atoms with Gasteiger partial charge in [0.1, 0.15) is 10.9 Å². The van der Waals surface area contributed by atoms with Crippen LogP contribution in [0.3, 0.4) is 0 Å². The zero-order valence-corrected chi connectivity index (χ0v) is 14.3. The van der Waals surface area contributed by atoms with Gasteiger partial charge in [0.25, 0.3) is 11.8 Å². The lowest BCUT2D eigenvalue weighted by Gasteiger charge is -2.31. The number of aromatic nitrogens is 3. The van der Waals surface area contributed by atoms with Gasteiger partial charge in [0.15, 0.2) is 10.3 Å². The summed E-state index contributed by atoms with van der Waals surface area (Å²) in [4.78, 5) is 31.0. The van der Waals surface area contributed by atoms with E-state index in [9.17, 15) is 9.59 Å². The number of carbonyl (C=O) groups is 2. The Bertz CT molecular complexity index is 756. The van der Waals surface area contributed by atoms with Crippen molar-refractivity contribution >= 4 is 40.6 Å². The molecule has 1 atom stereocenters. The Morgan fingerprint density at radius 3 is 2.91 bits per heavy atom. The van der Waals surface area contributed by atoms with Crippen molar-refractivity contribution in [1.29, 1.82) is 0 Å². The van der Waals surface area contributed by atoms with Crippen molar-refractivity contribution in [3.05, 3.63) is 27.3 Å². The van der Waals surface area contributed by atoms with Crippen LogP contribution >= 0.6 is 22.9 Å². The Morgan fingerprint density at radius 2 is 2.30 bits per heavy atom. The van der Waals surface area contributed by atoms with E-state index in [1.807, 2.05) is 0 Å². The number of carbonyl (C=O) groups excluding carboxylic acids is 2. The van der Waals surface area contributed by atoms with Crippen molar-refractivity contribution in [3.63, 3.8) is 0 Å². The second kappa shape index (κ2) is 6.29. The van der Waals surface area contributed by atoms with Crippen molar-refractivity contribution in [1.82, 2.24) is 20.1 Å². The van der Waals surface area contributed by atoms with E-state index in [0.29, 0.717) is 33.8 Å². The fourth-order valence-corrected chi connectivity index (χ4v) is 3.64. The van der Waals surface area contributed by atoms with Crippen molar-refractivity contribution in [3.8, 4) is 0 Å². The minimum absolute atomic E-state index is 0.142. The van der Waals surface area contributed by atoms with Crippen LogP contribution in [0.2, 0.25) is 4.47 Å². The average Bonchev–Trinajstić information content (AvgIpc) is 3.06. The van der Waals surface area contributed by atoms with E-state index in [1.54, 1.807) is 35.8 Å². The predicted molar refractivity (Wildman–Crippen MR) is 87.9 cm³/mol. The maximum atomic E-state index is 12.6. The molecule has 122 valence electrons. The third kappa shape index (κ3) is 3.23. The number of piperidine rings is 1. The molecule has 1 saturated heterocycles. The topological polar surface area (TPSA) is 80.1 Å². The fourth-order valence-electron chi connectivity index (χ4n) is 2.58. The van der Waals surface area contributed by atoms with Crippen LogP contribution < -0.4 is 10.2 Å². The van der Waals surface area contributed by atoms with Crippen LogP contribution in [0.25, 0.3) is 0 Å². The number of thiazole rings is 1. The molecule has 0 bridgehead atoms. The van der Waals surface area contributed by atoms with E-state index < -0.39 is 6.04 Å². The second-order valence-corrected chi connectivity index (χ2v) is 6.97. The summed E-state index contributed by atoms with van der Waals surface area (Å²) in [5.41, 5.74) is 0.572. The van der Waals surface area contributed by atoms with Crippen LogP contribution in [0.5, 0.6) is 0 Å². The highest BCUT2D eigenvalue weighted by atomic mass is 35.5. The molecule has 0 aromatic carbocycles. The Kier molecular flexibility index (Phi) is 4.36. The fraction of sp³-hybridized carbons (Fsp3) is 0.429. The third-order valence-corrected chi connectivity index (χ3v) is 4.96. The molecule has 1 aliphatic heterocycles. The number of amides is 2. The summed E-state index contributed by atoms with van der Waals surface area (Å²) in [7, 11) is 1.80. The summed E-state index contributed by atoms with van der Waals surface area (Å²) in [5, 5.41) is 7.05. The number of rotatable bonds is 3. The molecule has 1 N–H and O–H groups in total. The first kappa shape index (κ1) is 15.9. The average molecular weight is 354 g/mol. The molecule has 2 aromatic rings. The Balaban J connectivity index is 1.74. The Morgan fingerprint density at radius 1 is 1.52 bits per heavy atom. The van der Waals surface area contributed by atoms with Crippen LogP contribution in [0, 0.1) is 6.92 Å². The van der Waals surface area contributed by atoms with Crippen LogP contribution in [0.4, 0.5) is 5.82 Å². The lowest BCUT2D eigenvalue weighted by atomic mass is 10.0. The molecular weight excluding hydrogens is 338 g/mol. The summed E-state index contributed by atoms with van der Waals surface area (Å²) >= 11 is 6.94. The standard InChI is InChI=1S/C14H16ClN5O2S/c1-8-11(23-14(15)16-8)12(21)17-9-4-3-6-20(13(9)22)10-5-7-19(2)18-10/h5,7,9H,3-4,6H2,1-2H3,(H,17,21)/t9-/m0/s1. The van der Waals surface area contributed by atoms with E-state index in [0.717, 1.165) is 17.8 Å². The molecule has 9 heteroatoms. The molecule has 0 radical (unpaired) electrons. The quantitative estimate of drug-likeness (QED) is 0.911. The zero-order chi connectivity index (χ0) is 16.6. The van der Waals surface area contributed by atoms with Gasteiger partial charge in [-0.1, -0.05) is 22.9 Å². The highest BCUT2D eigenvalue weighted by Gasteiger charge is 2.32. The van der Waals surface area contributed by atoms with E-state index in [4.69, 9.17) is 11.6 Å². The highest BCUT2D eigenvalue weighted by Crippen LogP contribution is 2.23. The molecule has 23 heavy (non-hydrogen) atoms. The Hall–Kier alpha value is -1.93. The number of halogens is 1. The van der Waals surface area contributed by atoms with E-state index in [1.165, 1.54) is 0 Å². The summed E-state index contributed by atoms with van der Waals surface area (Å²) < 4.78 is 1.96. The van der Waals surface area contributed by atoms with Crippen LogP contribution in [0.1, 0.15) is 28.2 Å². The normalized spacial score (nSPS) is 18.3. The van der Waals surface area contributed by atoms with E-state index in [2.05, 4.69) is 15.4 Å². The molecule has 1 aliphatic rings. The molecule has 0 saturated carbocycles. The van der Waals surface area contributed by atoms with Crippen molar-refractivity contribution in [2.24, 2.45) is 7.05 Å². The first-order valence-electron chi connectivity index (χ1n) is 7.20. The SMILES string of the molecule is Cc1nc(Cl)sc1C(=O)N[C@H]1CCCN(c2ccn(C)n2)C1=O. The second-order valence-electron chi connectivity index (χ2n) is 5.39. The molecule has 0 spiro atoms. The molecule has 2 amide bonds. The van der Waals surface area contributed by atoms with Gasteiger partial charge in [0, 0.05) is 25.9 Å². The maximum Gasteiger partial charge on any atom is 0.263 e. The minimum atomic E-state index is -0.557. The van der Waals surface area contributed by atoms with Gasteiger partial charge in [-0.2, -0.15) is 5.10 Å². The largest absolute Gasteiger partial charge is 0.339 e. The highest BCUT2D eigenvalue weighted by molar-refractivity contribution is 7.17. The predicted octanol–water partition coefficient (Wildman–Crippen LogP) is 1.76. The van der Waals surface area contributed by atoms with Gasteiger partial charge in [-0.05, 0) is 19.8 Å². The van der Waals surface area contributed by atoms with Crippen molar-refractivity contribution < 1.29 is 9.59 Å². The number of hydrogen-bond acceptors (Lipinski definition) is 5. The molecule has 3 rings (SSSR count). The van der Waals surface area contributed by atoms with E-state index >= 15 is 0 Å². The number of anilines is 1. The molecule has 2 aromatic heterocycles. The monoisotopic (exact) mass is 353 g/mol. The van der Waals surface area contributed by atoms with Gasteiger partial charge in [0.05, 0.1) is 5.69 Å². The summed E-state index contributed by atoms with van der Waals surface area (Å²) in [5.74, 6) is 0.151. The number of nitrogens with zero attached hydrogens (tertiary/aromatic N) is 4. The maximum absolute atomic E-state index is 12.6. The lowest BCUT2D eigenvalue weighted by molar-refractivity contribution is -0.121. The molecular formula is C14H16ClN5O2S. The molecule has 3 heterocycles. The lowest BCUT2D eigenvalue weighted by Crippen LogP contribution is -2.52. The van der Waals surface area contributed by atoms with Gasteiger partial charge in [0.2, 0.25) is 0 Å². The summed E-state index contributed by atoms with van der Waals surface area (Å²) in [6, 6.07) is 1.23. The number of hydrogen-bond donors (Lipinski definition) is 1. The van der Waals surface area contributed by atoms with Gasteiger partial charge < -0.3 is 5.32 Å². The molecule has 0 aliphatic carbocycles. The van der Waals surface area contributed by atoms with Gasteiger partial charge in [-0.3, -0.25) is 19.2 Å². The van der Waals surface area contributed by atoms with Crippen molar-refractivity contribution in [2.45, 2.75) is 25.8 Å². The van der Waals surface area contributed by atoms with Crippen LogP contribution in [0.15, 0.2) is 12.3 Å². The van der Waals surface area contributed by atoms with Crippen LogP contribution in [-0.2, 0) is 11.8 Å². The summed E-state index contributed by atoms with van der Waals surface area (Å²) in [6.45, 7) is 2.33. The number of aryl methyl sites for hydroxylation is 2. The molecule has 1 fully saturated rings. The van der Waals surface area contributed by atoms with Gasteiger partial charge >= 0.3 is 0 Å². The van der Waals surface area contributed by atoms with Crippen molar-refractivity contribution in [2.75, 3.05) is 11.4 Å². The first-order chi connectivity index (χ1) is 11.0. The summed E-state index contributed by atoms with van der Waals surface area (Å²) in [6.07, 6.45) is 3.20. The smallest absolute Gasteiger partial charge is 0.263 e. The zero-order valence-electron chi connectivity index (χ0n) is 12.7. The minimum Gasteiger partial charge on any atom is -0.339 e. The Labute approximate surface area is 142 Å². The van der Waals surface area contributed by atoms with Gasteiger partial charge in [-0.15, -0.1) is 0 Å². The van der Waals surface area contributed by atoms with Gasteiger partial charge in [-0.25, -0.2) is 4.98 Å².